The second-order valence-electron chi connectivity index (χ2n) is 4.83. The summed E-state index contributed by atoms with van der Waals surface area (Å²) in [4.78, 5) is 0. The van der Waals surface area contributed by atoms with Crippen LogP contribution in [0.4, 0.5) is 0 Å². The molecule has 72 valence electrons. The van der Waals surface area contributed by atoms with E-state index in [4.69, 9.17) is 4.74 Å². The van der Waals surface area contributed by atoms with E-state index in [1.165, 1.54) is 6.42 Å². The summed E-state index contributed by atoms with van der Waals surface area (Å²) in [6, 6.07) is 0. The van der Waals surface area contributed by atoms with Gasteiger partial charge in [0.15, 0.2) is 0 Å². The molecule has 0 bridgehead atoms. The SMILES string of the molecule is CC(C)OCC1(CBr)CC1(C)C. The van der Waals surface area contributed by atoms with Gasteiger partial charge in [0.1, 0.15) is 0 Å². The van der Waals surface area contributed by atoms with Gasteiger partial charge in [-0.05, 0) is 25.7 Å². The third-order valence-corrected chi connectivity index (χ3v) is 4.11. The number of halogens is 1. The van der Waals surface area contributed by atoms with E-state index < -0.39 is 0 Å². The second kappa shape index (κ2) is 3.30. The van der Waals surface area contributed by atoms with Crippen molar-refractivity contribution in [1.82, 2.24) is 0 Å². The van der Waals surface area contributed by atoms with Crippen molar-refractivity contribution in [3.8, 4) is 0 Å². The molecule has 0 radical (unpaired) electrons. The van der Waals surface area contributed by atoms with Crippen LogP contribution in [-0.4, -0.2) is 18.0 Å². The van der Waals surface area contributed by atoms with E-state index in [2.05, 4.69) is 43.6 Å². The summed E-state index contributed by atoms with van der Waals surface area (Å²) in [5.74, 6) is 0. The van der Waals surface area contributed by atoms with E-state index in [1.807, 2.05) is 0 Å². The quantitative estimate of drug-likeness (QED) is 0.680. The van der Waals surface area contributed by atoms with Gasteiger partial charge in [-0.2, -0.15) is 0 Å². The van der Waals surface area contributed by atoms with Crippen molar-refractivity contribution in [3.63, 3.8) is 0 Å². The molecule has 12 heavy (non-hydrogen) atoms. The highest BCUT2D eigenvalue weighted by Gasteiger charge is 2.60. The number of rotatable bonds is 4. The van der Waals surface area contributed by atoms with E-state index >= 15 is 0 Å². The molecule has 1 saturated carbocycles. The van der Waals surface area contributed by atoms with Gasteiger partial charge in [-0.1, -0.05) is 29.8 Å². The largest absolute Gasteiger partial charge is 0.378 e. The average Bonchev–Trinajstić information content (AvgIpc) is 2.51. The lowest BCUT2D eigenvalue weighted by molar-refractivity contribution is 0.0402. The first kappa shape index (κ1) is 10.5. The minimum Gasteiger partial charge on any atom is -0.378 e. The Morgan fingerprint density at radius 2 is 1.92 bits per heavy atom. The van der Waals surface area contributed by atoms with Crippen LogP contribution in [0.2, 0.25) is 0 Å². The first-order valence-corrected chi connectivity index (χ1v) is 5.73. The molecule has 0 aliphatic heterocycles. The number of alkyl halides is 1. The van der Waals surface area contributed by atoms with Crippen molar-refractivity contribution < 1.29 is 4.74 Å². The molecule has 0 aromatic heterocycles. The molecule has 1 fully saturated rings. The van der Waals surface area contributed by atoms with Crippen LogP contribution in [0.5, 0.6) is 0 Å². The summed E-state index contributed by atoms with van der Waals surface area (Å²) in [7, 11) is 0. The van der Waals surface area contributed by atoms with Gasteiger partial charge >= 0.3 is 0 Å². The Kier molecular flexibility index (Phi) is 2.89. The van der Waals surface area contributed by atoms with Crippen LogP contribution in [0.3, 0.4) is 0 Å². The predicted octanol–water partition coefficient (Wildman–Crippen LogP) is 3.22. The fourth-order valence-corrected chi connectivity index (χ4v) is 2.76. The normalized spacial score (nSPS) is 32.5. The molecule has 1 nitrogen and oxygen atoms in total. The fourth-order valence-electron chi connectivity index (χ4n) is 1.64. The summed E-state index contributed by atoms with van der Waals surface area (Å²) in [5, 5.41) is 1.07. The molecule has 2 heteroatoms. The minimum atomic E-state index is 0.359. The molecule has 0 spiro atoms. The maximum atomic E-state index is 5.67. The van der Waals surface area contributed by atoms with Gasteiger partial charge in [0.25, 0.3) is 0 Å². The summed E-state index contributed by atoms with van der Waals surface area (Å²) in [5.41, 5.74) is 0.892. The van der Waals surface area contributed by atoms with Gasteiger partial charge in [0.2, 0.25) is 0 Å². The first-order valence-electron chi connectivity index (χ1n) is 4.61. The van der Waals surface area contributed by atoms with Gasteiger partial charge < -0.3 is 4.74 Å². The van der Waals surface area contributed by atoms with Gasteiger partial charge in [0, 0.05) is 10.7 Å². The van der Waals surface area contributed by atoms with Crippen molar-refractivity contribution in [2.75, 3.05) is 11.9 Å². The van der Waals surface area contributed by atoms with E-state index in [1.54, 1.807) is 0 Å². The lowest BCUT2D eigenvalue weighted by atomic mass is 9.99. The smallest absolute Gasteiger partial charge is 0.0539 e. The molecule has 0 amide bonds. The molecule has 1 aliphatic rings. The van der Waals surface area contributed by atoms with Crippen LogP contribution in [0.25, 0.3) is 0 Å². The number of ether oxygens (including phenoxy) is 1. The highest BCUT2D eigenvalue weighted by Crippen LogP contribution is 2.64. The van der Waals surface area contributed by atoms with Gasteiger partial charge in [-0.25, -0.2) is 0 Å². The molecule has 0 aromatic carbocycles. The molecular formula is C10H19BrO. The second-order valence-corrected chi connectivity index (χ2v) is 5.40. The van der Waals surface area contributed by atoms with Gasteiger partial charge in [0.05, 0.1) is 12.7 Å². The van der Waals surface area contributed by atoms with Gasteiger partial charge in [-0.3, -0.25) is 0 Å². The Bertz CT molecular complexity index is 165. The topological polar surface area (TPSA) is 9.23 Å². The van der Waals surface area contributed by atoms with Crippen molar-refractivity contribution in [1.29, 1.82) is 0 Å². The highest BCUT2D eigenvalue weighted by atomic mass is 79.9. The number of hydrogen-bond donors (Lipinski definition) is 0. The molecule has 1 aliphatic carbocycles. The van der Waals surface area contributed by atoms with Crippen LogP contribution >= 0.6 is 15.9 Å². The molecule has 1 atom stereocenters. The third kappa shape index (κ3) is 1.85. The maximum absolute atomic E-state index is 5.67. The van der Waals surface area contributed by atoms with Crippen molar-refractivity contribution >= 4 is 15.9 Å². The monoisotopic (exact) mass is 234 g/mol. The fraction of sp³-hybridized carbons (Fsp3) is 1.00. The molecule has 0 saturated heterocycles. The van der Waals surface area contributed by atoms with Crippen molar-refractivity contribution in [2.45, 2.75) is 40.2 Å². The Labute approximate surface area is 84.0 Å². The van der Waals surface area contributed by atoms with Crippen LogP contribution in [0.15, 0.2) is 0 Å². The molecule has 1 unspecified atom stereocenters. The molecule has 0 aromatic rings. The maximum Gasteiger partial charge on any atom is 0.0539 e. The zero-order valence-corrected chi connectivity index (χ0v) is 10.1. The highest BCUT2D eigenvalue weighted by molar-refractivity contribution is 9.09. The zero-order chi connectivity index (χ0) is 9.41. The van der Waals surface area contributed by atoms with E-state index in [0.717, 1.165) is 11.9 Å². The lowest BCUT2D eigenvalue weighted by Crippen LogP contribution is -2.20. The zero-order valence-electron chi connectivity index (χ0n) is 8.48. The Hall–Kier alpha value is 0.440. The standard InChI is InChI=1S/C10H19BrO/c1-8(2)12-7-10(6-11)5-9(10,3)4/h8H,5-7H2,1-4H3. The van der Waals surface area contributed by atoms with Crippen LogP contribution < -0.4 is 0 Å². The lowest BCUT2D eigenvalue weighted by Gasteiger charge is -2.19. The van der Waals surface area contributed by atoms with Crippen molar-refractivity contribution in [3.05, 3.63) is 0 Å². The summed E-state index contributed by atoms with van der Waals surface area (Å²) in [6.07, 6.45) is 1.65. The first-order chi connectivity index (χ1) is 5.43. The van der Waals surface area contributed by atoms with E-state index in [-0.39, 0.29) is 0 Å². The molecule has 0 heterocycles. The van der Waals surface area contributed by atoms with Crippen LogP contribution in [-0.2, 0) is 4.74 Å². The summed E-state index contributed by atoms with van der Waals surface area (Å²) in [6.45, 7) is 9.73. The Balaban J connectivity index is 2.40. The van der Waals surface area contributed by atoms with Crippen LogP contribution in [0.1, 0.15) is 34.1 Å². The third-order valence-electron chi connectivity index (χ3n) is 3.04. The van der Waals surface area contributed by atoms with E-state index in [0.29, 0.717) is 16.9 Å². The Morgan fingerprint density at radius 3 is 2.17 bits per heavy atom. The summed E-state index contributed by atoms with van der Waals surface area (Å²) >= 11 is 3.58. The minimum absolute atomic E-state index is 0.359. The molecule has 0 N–H and O–H groups in total. The van der Waals surface area contributed by atoms with Crippen molar-refractivity contribution in [2.24, 2.45) is 10.8 Å². The van der Waals surface area contributed by atoms with Crippen LogP contribution in [0, 0.1) is 10.8 Å². The molecular weight excluding hydrogens is 216 g/mol. The Morgan fingerprint density at radius 1 is 1.42 bits per heavy atom. The molecule has 1 rings (SSSR count). The number of hydrogen-bond acceptors (Lipinski definition) is 1. The van der Waals surface area contributed by atoms with E-state index in [9.17, 15) is 0 Å². The predicted molar refractivity (Wildman–Crippen MR) is 55.7 cm³/mol. The average molecular weight is 235 g/mol. The summed E-state index contributed by atoms with van der Waals surface area (Å²) < 4.78 is 5.67. The van der Waals surface area contributed by atoms with Gasteiger partial charge in [-0.15, -0.1) is 0 Å².